The fourth-order valence-electron chi connectivity index (χ4n) is 1.58. The van der Waals surface area contributed by atoms with Gasteiger partial charge >= 0.3 is 0 Å². The first kappa shape index (κ1) is 12.1. The Morgan fingerprint density at radius 1 is 1.29 bits per heavy atom. The van der Waals surface area contributed by atoms with Gasteiger partial charge in [0.25, 0.3) is 0 Å². The number of anilines is 1. The summed E-state index contributed by atoms with van der Waals surface area (Å²) < 4.78 is 18.5. The van der Waals surface area contributed by atoms with Gasteiger partial charge in [-0.05, 0) is 35.2 Å². The van der Waals surface area contributed by atoms with E-state index in [9.17, 15) is 4.39 Å². The van der Waals surface area contributed by atoms with Crippen LogP contribution in [0.4, 0.5) is 10.1 Å². The van der Waals surface area contributed by atoms with E-state index in [1.54, 1.807) is 17.4 Å². The highest BCUT2D eigenvalue weighted by molar-refractivity contribution is 7.09. The van der Waals surface area contributed by atoms with Gasteiger partial charge < -0.3 is 10.5 Å². The van der Waals surface area contributed by atoms with E-state index >= 15 is 0 Å². The maximum Gasteiger partial charge on any atom is 0.125 e. The van der Waals surface area contributed by atoms with Gasteiger partial charge in [-0.3, -0.25) is 0 Å². The van der Waals surface area contributed by atoms with Gasteiger partial charge in [-0.25, -0.2) is 4.39 Å². The highest BCUT2D eigenvalue weighted by Gasteiger charge is 1.99. The molecule has 4 heteroatoms. The third kappa shape index (κ3) is 3.84. The van der Waals surface area contributed by atoms with E-state index in [-0.39, 0.29) is 5.82 Å². The van der Waals surface area contributed by atoms with Crippen LogP contribution in [0, 0.1) is 5.82 Å². The number of hydrogen-bond acceptors (Lipinski definition) is 3. The summed E-state index contributed by atoms with van der Waals surface area (Å²) in [6.45, 7) is 1.03. The molecule has 0 saturated carbocycles. The van der Waals surface area contributed by atoms with Crippen LogP contribution < -0.4 is 5.73 Å². The number of nitrogens with two attached hydrogens (primary N) is 1. The molecule has 0 fully saturated rings. The Bertz CT molecular complexity index is 450. The van der Waals surface area contributed by atoms with Gasteiger partial charge in [0.15, 0.2) is 0 Å². The van der Waals surface area contributed by atoms with Crippen molar-refractivity contribution in [2.24, 2.45) is 0 Å². The molecule has 0 aliphatic rings. The van der Waals surface area contributed by atoms with E-state index in [4.69, 9.17) is 10.5 Å². The maximum absolute atomic E-state index is 13.0. The molecule has 17 heavy (non-hydrogen) atoms. The normalized spacial score (nSPS) is 10.6. The Morgan fingerprint density at radius 3 is 2.88 bits per heavy atom. The van der Waals surface area contributed by atoms with E-state index in [0.717, 1.165) is 12.0 Å². The van der Waals surface area contributed by atoms with Crippen molar-refractivity contribution >= 4 is 17.0 Å². The number of nitrogen functional groups attached to an aromatic ring is 1. The zero-order valence-corrected chi connectivity index (χ0v) is 10.2. The molecule has 1 aromatic heterocycles. The van der Waals surface area contributed by atoms with Crippen LogP contribution in [-0.4, -0.2) is 6.61 Å². The number of thiophene rings is 1. The van der Waals surface area contributed by atoms with Crippen LogP contribution in [0.2, 0.25) is 0 Å². The lowest BCUT2D eigenvalue weighted by Crippen LogP contribution is -1.99. The molecular weight excluding hydrogens is 237 g/mol. The quantitative estimate of drug-likeness (QED) is 0.654. The van der Waals surface area contributed by atoms with E-state index in [2.05, 4.69) is 6.07 Å². The van der Waals surface area contributed by atoms with Crippen molar-refractivity contribution in [2.45, 2.75) is 13.0 Å². The molecule has 0 spiro atoms. The number of benzene rings is 1. The molecule has 0 bridgehead atoms. The van der Waals surface area contributed by atoms with Crippen LogP contribution in [0.5, 0.6) is 0 Å². The third-order valence-corrected chi connectivity index (χ3v) is 3.26. The molecule has 1 aromatic carbocycles. The summed E-state index contributed by atoms with van der Waals surface area (Å²) in [4.78, 5) is 1.30. The smallest absolute Gasteiger partial charge is 0.125 e. The lowest BCUT2D eigenvalue weighted by Gasteiger charge is -2.05. The van der Waals surface area contributed by atoms with E-state index in [0.29, 0.717) is 18.9 Å². The van der Waals surface area contributed by atoms with Crippen LogP contribution >= 0.6 is 11.3 Å². The van der Waals surface area contributed by atoms with Crippen LogP contribution in [0.1, 0.15) is 10.4 Å². The first-order valence-electron chi connectivity index (χ1n) is 5.39. The Morgan fingerprint density at radius 2 is 2.18 bits per heavy atom. The number of halogens is 1. The number of hydrogen-bond donors (Lipinski definition) is 1. The van der Waals surface area contributed by atoms with Crippen LogP contribution in [-0.2, 0) is 17.8 Å². The van der Waals surface area contributed by atoms with Crippen molar-refractivity contribution in [3.63, 3.8) is 0 Å². The van der Waals surface area contributed by atoms with Gasteiger partial charge in [0.1, 0.15) is 5.82 Å². The van der Waals surface area contributed by atoms with E-state index < -0.39 is 0 Å². The fourth-order valence-corrected chi connectivity index (χ4v) is 2.27. The van der Waals surface area contributed by atoms with Crippen LogP contribution in [0.25, 0.3) is 0 Å². The minimum Gasteiger partial charge on any atom is -0.399 e. The molecule has 90 valence electrons. The Hall–Kier alpha value is -1.39. The van der Waals surface area contributed by atoms with Crippen molar-refractivity contribution in [2.75, 3.05) is 12.3 Å². The van der Waals surface area contributed by atoms with Crippen molar-refractivity contribution in [1.29, 1.82) is 0 Å². The minimum atomic E-state index is -0.318. The van der Waals surface area contributed by atoms with Crippen molar-refractivity contribution < 1.29 is 9.13 Å². The first-order valence-corrected chi connectivity index (χ1v) is 6.27. The van der Waals surface area contributed by atoms with Gasteiger partial charge in [0.2, 0.25) is 0 Å². The van der Waals surface area contributed by atoms with Gasteiger partial charge in [0, 0.05) is 17.0 Å². The number of ether oxygens (including phenoxy) is 1. The molecule has 0 saturated heterocycles. The average Bonchev–Trinajstić information content (AvgIpc) is 2.76. The largest absolute Gasteiger partial charge is 0.399 e. The zero-order chi connectivity index (χ0) is 12.1. The second-order valence-electron chi connectivity index (χ2n) is 3.77. The third-order valence-electron chi connectivity index (χ3n) is 2.32. The Labute approximate surface area is 104 Å². The molecule has 2 rings (SSSR count). The molecule has 0 atom stereocenters. The molecule has 0 unspecified atom stereocenters. The van der Waals surface area contributed by atoms with Crippen molar-refractivity contribution in [3.8, 4) is 0 Å². The second kappa shape index (κ2) is 5.80. The topological polar surface area (TPSA) is 35.2 Å². The highest BCUT2D eigenvalue weighted by atomic mass is 32.1. The monoisotopic (exact) mass is 251 g/mol. The molecule has 0 radical (unpaired) electrons. The zero-order valence-electron chi connectivity index (χ0n) is 9.36. The Balaban J connectivity index is 1.78. The van der Waals surface area contributed by atoms with E-state index in [1.807, 2.05) is 11.4 Å². The van der Waals surface area contributed by atoms with Crippen molar-refractivity contribution in [3.05, 3.63) is 52.0 Å². The second-order valence-corrected chi connectivity index (χ2v) is 4.81. The molecule has 2 nitrogen and oxygen atoms in total. The summed E-state index contributed by atoms with van der Waals surface area (Å²) in [5.74, 6) is -0.318. The van der Waals surface area contributed by atoms with Crippen molar-refractivity contribution in [1.82, 2.24) is 0 Å². The predicted molar refractivity (Wildman–Crippen MR) is 68.5 cm³/mol. The molecule has 0 aliphatic heterocycles. The lowest BCUT2D eigenvalue weighted by molar-refractivity contribution is 0.124. The van der Waals surface area contributed by atoms with Gasteiger partial charge in [-0.1, -0.05) is 6.07 Å². The summed E-state index contributed by atoms with van der Waals surface area (Å²) in [5, 5.41) is 2.04. The molecule has 0 aliphatic carbocycles. The van der Waals surface area contributed by atoms with E-state index in [1.165, 1.54) is 17.0 Å². The van der Waals surface area contributed by atoms with Crippen LogP contribution in [0.15, 0.2) is 35.7 Å². The summed E-state index contributed by atoms with van der Waals surface area (Å²) in [5.41, 5.74) is 6.75. The summed E-state index contributed by atoms with van der Waals surface area (Å²) in [6, 6.07) is 8.58. The van der Waals surface area contributed by atoms with Gasteiger partial charge in [0.05, 0.1) is 13.2 Å². The minimum absolute atomic E-state index is 0.318. The highest BCUT2D eigenvalue weighted by Crippen LogP contribution is 2.13. The standard InChI is InChI=1S/C13H14FNOS/c14-11-6-10(7-12(15)8-11)9-16-4-3-13-2-1-5-17-13/h1-2,5-8H,3-4,9,15H2. The maximum atomic E-state index is 13.0. The summed E-state index contributed by atoms with van der Waals surface area (Å²) >= 11 is 1.71. The lowest BCUT2D eigenvalue weighted by atomic mass is 10.2. The predicted octanol–water partition coefficient (Wildman–Crippen LogP) is 3.23. The van der Waals surface area contributed by atoms with Gasteiger partial charge in [-0.15, -0.1) is 11.3 Å². The van der Waals surface area contributed by atoms with Crippen LogP contribution in [0.3, 0.4) is 0 Å². The summed E-state index contributed by atoms with van der Waals surface area (Å²) in [7, 11) is 0. The molecular formula is C13H14FNOS. The summed E-state index contributed by atoms with van der Waals surface area (Å²) in [6.07, 6.45) is 0.891. The molecule has 0 amide bonds. The first-order chi connectivity index (χ1) is 8.24. The molecule has 2 aromatic rings. The molecule has 1 heterocycles. The molecule has 2 N–H and O–H groups in total. The fraction of sp³-hybridized carbons (Fsp3) is 0.231. The van der Waals surface area contributed by atoms with Gasteiger partial charge in [-0.2, -0.15) is 0 Å². The SMILES string of the molecule is Nc1cc(F)cc(COCCc2cccs2)c1. The average molecular weight is 251 g/mol. The number of rotatable bonds is 5. The Kier molecular flexibility index (Phi) is 4.12.